The first kappa shape index (κ1) is 19.4. The predicted molar refractivity (Wildman–Crippen MR) is 115 cm³/mol. The molecule has 0 spiro atoms. The van der Waals surface area contributed by atoms with E-state index in [0.717, 1.165) is 22.6 Å². The summed E-state index contributed by atoms with van der Waals surface area (Å²) in [5.74, 6) is 2.08. The maximum Gasteiger partial charge on any atom is 0.213 e. The molecule has 0 saturated carbocycles. The molecule has 0 unspecified atom stereocenters. The van der Waals surface area contributed by atoms with Gasteiger partial charge in [-0.1, -0.05) is 36.4 Å². The van der Waals surface area contributed by atoms with Gasteiger partial charge in [-0.2, -0.15) is 0 Å². The normalized spacial score (nSPS) is 11.4. The first-order valence-corrected chi connectivity index (χ1v) is 9.66. The molecule has 0 aliphatic rings. The molecule has 3 aromatic heterocycles. The van der Waals surface area contributed by atoms with Crippen LogP contribution in [0, 0.1) is 0 Å². The number of aliphatic imine (C=N–C) groups is 1. The van der Waals surface area contributed by atoms with Crippen LogP contribution in [-0.2, 0) is 19.7 Å². The monoisotopic (exact) mass is 401 g/mol. The number of hydrogen-bond acceptors (Lipinski definition) is 5. The summed E-state index contributed by atoms with van der Waals surface area (Å²) in [6.07, 6.45) is 3.69. The number of nitrogens with one attached hydrogen (secondary N) is 2. The van der Waals surface area contributed by atoms with E-state index in [1.807, 2.05) is 71.3 Å². The minimum atomic E-state index is 0.486. The van der Waals surface area contributed by atoms with Crippen LogP contribution in [0.4, 0.5) is 0 Å². The van der Waals surface area contributed by atoms with E-state index in [-0.39, 0.29) is 0 Å². The highest BCUT2D eigenvalue weighted by Gasteiger charge is 2.06. The lowest BCUT2D eigenvalue weighted by Crippen LogP contribution is -2.36. The molecule has 0 fully saturated rings. The zero-order valence-corrected chi connectivity index (χ0v) is 16.7. The highest BCUT2D eigenvalue weighted by molar-refractivity contribution is 5.79. The third-order valence-corrected chi connectivity index (χ3v) is 4.51. The van der Waals surface area contributed by atoms with Crippen molar-refractivity contribution in [1.29, 1.82) is 0 Å². The Kier molecular flexibility index (Phi) is 6.14. The topological polar surface area (TPSA) is 88.7 Å². The number of ether oxygens (including phenoxy) is 1. The van der Waals surface area contributed by atoms with Crippen molar-refractivity contribution < 1.29 is 4.74 Å². The summed E-state index contributed by atoms with van der Waals surface area (Å²) in [6, 6.07) is 19.7. The van der Waals surface area contributed by atoms with Crippen molar-refractivity contribution in [1.82, 2.24) is 30.2 Å². The van der Waals surface area contributed by atoms with Crippen molar-refractivity contribution in [2.45, 2.75) is 19.7 Å². The Labute approximate surface area is 174 Å². The largest absolute Gasteiger partial charge is 0.473 e. The van der Waals surface area contributed by atoms with E-state index in [1.54, 1.807) is 13.2 Å². The first-order valence-electron chi connectivity index (χ1n) is 9.66. The van der Waals surface area contributed by atoms with Crippen LogP contribution in [0.5, 0.6) is 5.88 Å². The number of pyridine rings is 2. The van der Waals surface area contributed by atoms with Crippen molar-refractivity contribution in [3.63, 3.8) is 0 Å². The minimum absolute atomic E-state index is 0.486. The van der Waals surface area contributed by atoms with Gasteiger partial charge < -0.3 is 15.4 Å². The van der Waals surface area contributed by atoms with Crippen LogP contribution in [0.15, 0.2) is 78.0 Å². The van der Waals surface area contributed by atoms with Gasteiger partial charge in [-0.15, -0.1) is 10.2 Å². The van der Waals surface area contributed by atoms with Crippen LogP contribution in [0.2, 0.25) is 0 Å². The van der Waals surface area contributed by atoms with Gasteiger partial charge >= 0.3 is 0 Å². The van der Waals surface area contributed by atoms with Crippen LogP contribution < -0.4 is 15.4 Å². The van der Waals surface area contributed by atoms with Crippen molar-refractivity contribution in [3.8, 4) is 5.88 Å². The summed E-state index contributed by atoms with van der Waals surface area (Å²) in [5.41, 5.74) is 2.97. The molecule has 3 heterocycles. The van der Waals surface area contributed by atoms with Crippen molar-refractivity contribution in [2.24, 2.45) is 4.99 Å². The van der Waals surface area contributed by atoms with Crippen molar-refractivity contribution in [3.05, 3.63) is 90.0 Å². The predicted octanol–water partition coefficient (Wildman–Crippen LogP) is 2.57. The number of rotatable bonds is 7. The highest BCUT2D eigenvalue weighted by Crippen LogP contribution is 2.12. The Balaban J connectivity index is 1.30. The Morgan fingerprint density at radius 2 is 1.80 bits per heavy atom. The maximum absolute atomic E-state index is 5.80. The molecular formula is C22H23N7O. The van der Waals surface area contributed by atoms with Gasteiger partial charge in [0, 0.05) is 32.1 Å². The second-order valence-corrected chi connectivity index (χ2v) is 6.60. The number of benzene rings is 1. The van der Waals surface area contributed by atoms with E-state index in [1.165, 1.54) is 0 Å². The smallest absolute Gasteiger partial charge is 0.213 e. The molecular weight excluding hydrogens is 378 g/mol. The molecule has 2 N–H and O–H groups in total. The number of nitrogens with zero attached hydrogens (tertiary/aromatic N) is 5. The molecule has 8 nitrogen and oxygen atoms in total. The van der Waals surface area contributed by atoms with Crippen LogP contribution in [0.1, 0.15) is 17.0 Å². The summed E-state index contributed by atoms with van der Waals surface area (Å²) in [4.78, 5) is 8.56. The standard InChI is InChI=1S/C22H23N7O/c1-23-22(26-15-20-28-27-19-9-5-6-12-29(19)20)25-14-18-10-11-24-21(13-18)30-16-17-7-3-2-4-8-17/h2-13H,14-16H2,1H3,(H2,23,25,26). The van der Waals surface area contributed by atoms with Gasteiger partial charge in [0.25, 0.3) is 0 Å². The van der Waals surface area contributed by atoms with Crippen molar-refractivity contribution >= 4 is 11.6 Å². The van der Waals surface area contributed by atoms with Gasteiger partial charge in [0.05, 0.1) is 6.54 Å². The molecule has 30 heavy (non-hydrogen) atoms. The number of fused-ring (bicyclic) bond motifs is 1. The summed E-state index contributed by atoms with van der Waals surface area (Å²) in [6.45, 7) is 1.58. The van der Waals surface area contributed by atoms with Gasteiger partial charge in [0.2, 0.25) is 5.88 Å². The Bertz CT molecular complexity index is 1120. The van der Waals surface area contributed by atoms with Crippen LogP contribution >= 0.6 is 0 Å². The fourth-order valence-electron chi connectivity index (χ4n) is 2.95. The molecule has 1 aromatic carbocycles. The van der Waals surface area contributed by atoms with E-state index in [2.05, 4.69) is 30.8 Å². The molecule has 0 amide bonds. The minimum Gasteiger partial charge on any atom is -0.473 e. The second-order valence-electron chi connectivity index (χ2n) is 6.60. The van der Waals surface area contributed by atoms with E-state index in [9.17, 15) is 0 Å². The Hall–Kier alpha value is -3.94. The van der Waals surface area contributed by atoms with Crippen LogP contribution in [-0.4, -0.2) is 32.6 Å². The third kappa shape index (κ3) is 4.91. The summed E-state index contributed by atoms with van der Waals surface area (Å²) < 4.78 is 7.74. The molecule has 4 rings (SSSR count). The summed E-state index contributed by atoms with van der Waals surface area (Å²) in [7, 11) is 1.73. The quantitative estimate of drug-likeness (QED) is 0.366. The average Bonchev–Trinajstić information content (AvgIpc) is 3.22. The first-order chi connectivity index (χ1) is 14.8. The van der Waals surface area contributed by atoms with Crippen LogP contribution in [0.3, 0.4) is 0 Å². The van der Waals surface area contributed by atoms with E-state index >= 15 is 0 Å². The van der Waals surface area contributed by atoms with Gasteiger partial charge in [-0.25, -0.2) is 4.98 Å². The lowest BCUT2D eigenvalue weighted by Gasteiger charge is -2.12. The fourth-order valence-corrected chi connectivity index (χ4v) is 2.95. The molecule has 0 aliphatic carbocycles. The fraction of sp³-hybridized carbons (Fsp3) is 0.182. The summed E-state index contributed by atoms with van der Waals surface area (Å²) in [5, 5.41) is 14.9. The molecule has 0 aliphatic heterocycles. The van der Waals surface area contributed by atoms with Gasteiger partial charge in [0.1, 0.15) is 6.61 Å². The lowest BCUT2D eigenvalue weighted by atomic mass is 10.2. The molecule has 0 atom stereocenters. The highest BCUT2D eigenvalue weighted by atomic mass is 16.5. The number of guanidine groups is 1. The van der Waals surface area contributed by atoms with Crippen LogP contribution in [0.25, 0.3) is 5.65 Å². The van der Waals surface area contributed by atoms with E-state index in [4.69, 9.17) is 4.74 Å². The SMILES string of the molecule is CN=C(NCc1ccnc(OCc2ccccc2)c1)NCc1nnc2ccccn12. The molecule has 0 saturated heterocycles. The zero-order valence-electron chi connectivity index (χ0n) is 16.7. The number of aromatic nitrogens is 4. The lowest BCUT2D eigenvalue weighted by molar-refractivity contribution is 0.293. The molecule has 152 valence electrons. The number of hydrogen-bond donors (Lipinski definition) is 2. The zero-order chi connectivity index (χ0) is 20.6. The second kappa shape index (κ2) is 9.51. The van der Waals surface area contributed by atoms with E-state index in [0.29, 0.717) is 31.5 Å². The third-order valence-electron chi connectivity index (χ3n) is 4.51. The Morgan fingerprint density at radius 1 is 0.967 bits per heavy atom. The molecule has 8 heteroatoms. The van der Waals surface area contributed by atoms with Crippen molar-refractivity contribution in [2.75, 3.05) is 7.05 Å². The van der Waals surface area contributed by atoms with Gasteiger partial charge in [-0.3, -0.25) is 9.39 Å². The van der Waals surface area contributed by atoms with E-state index < -0.39 is 0 Å². The van der Waals surface area contributed by atoms with Gasteiger partial charge in [-0.05, 0) is 29.3 Å². The maximum atomic E-state index is 5.80. The molecule has 0 bridgehead atoms. The molecule has 0 radical (unpaired) electrons. The average molecular weight is 401 g/mol. The molecule has 4 aromatic rings. The Morgan fingerprint density at radius 3 is 2.67 bits per heavy atom. The van der Waals surface area contributed by atoms with Gasteiger partial charge in [0.15, 0.2) is 17.4 Å². The summed E-state index contributed by atoms with van der Waals surface area (Å²) >= 11 is 0.